The van der Waals surface area contributed by atoms with Gasteiger partial charge in [-0.15, -0.1) is 11.6 Å². The molecule has 1 aliphatic rings. The highest BCUT2D eigenvalue weighted by atomic mass is 35.5. The van der Waals surface area contributed by atoms with E-state index in [1.54, 1.807) is 18.3 Å². The van der Waals surface area contributed by atoms with Crippen LogP contribution < -0.4 is 4.90 Å². The molecule has 7 heteroatoms. The Balaban J connectivity index is 2.43. The van der Waals surface area contributed by atoms with Crippen LogP contribution in [0.15, 0.2) is 23.2 Å². The minimum absolute atomic E-state index is 0.0455. The lowest BCUT2D eigenvalue weighted by Gasteiger charge is -2.36. The second-order valence-corrected chi connectivity index (χ2v) is 6.47. The molecule has 1 fully saturated rings. The summed E-state index contributed by atoms with van der Waals surface area (Å²) in [7, 11) is -3.30. The van der Waals surface area contributed by atoms with Gasteiger partial charge < -0.3 is 9.64 Å². The number of anilines is 1. The molecule has 0 saturated carbocycles. The summed E-state index contributed by atoms with van der Waals surface area (Å²) in [5.74, 6) is 0.841. The van der Waals surface area contributed by atoms with E-state index in [0.717, 1.165) is 0 Å². The van der Waals surface area contributed by atoms with Crippen molar-refractivity contribution in [2.24, 2.45) is 0 Å². The van der Waals surface area contributed by atoms with Gasteiger partial charge in [-0.25, -0.2) is 13.4 Å². The third kappa shape index (κ3) is 2.76. The quantitative estimate of drug-likeness (QED) is 0.775. The SMILES string of the molecule is CS(=O)(=O)c1cccnc1N1CCOCC1CCl. The maximum atomic E-state index is 11.8. The molecule has 5 nitrogen and oxygen atoms in total. The van der Waals surface area contributed by atoms with Gasteiger partial charge in [0.2, 0.25) is 0 Å². The Hall–Kier alpha value is -0.850. The third-order valence-electron chi connectivity index (χ3n) is 2.83. The standard InChI is InChI=1S/C11H15ClN2O3S/c1-18(15,16)10-3-2-4-13-11(10)14-5-6-17-8-9(14)7-12/h2-4,9H,5-8H2,1H3. The highest BCUT2D eigenvalue weighted by molar-refractivity contribution is 7.90. The van der Waals surface area contributed by atoms with Crippen LogP contribution in [0.4, 0.5) is 5.82 Å². The van der Waals surface area contributed by atoms with Crippen LogP contribution in [0.2, 0.25) is 0 Å². The molecule has 100 valence electrons. The molecule has 0 N–H and O–H groups in total. The van der Waals surface area contributed by atoms with Crippen molar-refractivity contribution < 1.29 is 13.2 Å². The van der Waals surface area contributed by atoms with Gasteiger partial charge in [0.05, 0.1) is 19.3 Å². The summed E-state index contributed by atoms with van der Waals surface area (Å²) in [6.07, 6.45) is 2.77. The summed E-state index contributed by atoms with van der Waals surface area (Å²) in [4.78, 5) is 6.35. The lowest BCUT2D eigenvalue weighted by molar-refractivity contribution is 0.0991. The van der Waals surface area contributed by atoms with Gasteiger partial charge in [0, 0.05) is 24.9 Å². The molecule has 1 saturated heterocycles. The maximum absolute atomic E-state index is 11.8. The van der Waals surface area contributed by atoms with Gasteiger partial charge in [-0.05, 0) is 12.1 Å². The highest BCUT2D eigenvalue weighted by Crippen LogP contribution is 2.25. The Bertz CT molecular complexity index is 521. The number of hydrogen-bond acceptors (Lipinski definition) is 5. The summed E-state index contributed by atoms with van der Waals surface area (Å²) in [5.41, 5.74) is 0. The number of pyridine rings is 1. The predicted octanol–water partition coefficient (Wildman–Crippen LogP) is 0.929. The van der Waals surface area contributed by atoms with E-state index in [0.29, 0.717) is 31.5 Å². The second-order valence-electron chi connectivity index (χ2n) is 4.17. The number of morpholine rings is 1. The van der Waals surface area contributed by atoms with Crippen LogP contribution in [0.3, 0.4) is 0 Å². The number of hydrogen-bond donors (Lipinski definition) is 0. The van der Waals surface area contributed by atoms with Crippen molar-refractivity contribution in [3.05, 3.63) is 18.3 Å². The van der Waals surface area contributed by atoms with Crippen LogP contribution in [0.5, 0.6) is 0 Å². The van der Waals surface area contributed by atoms with Gasteiger partial charge in [-0.3, -0.25) is 0 Å². The van der Waals surface area contributed by atoms with Crippen molar-refractivity contribution in [2.45, 2.75) is 10.9 Å². The highest BCUT2D eigenvalue weighted by Gasteiger charge is 2.27. The maximum Gasteiger partial charge on any atom is 0.179 e. The minimum Gasteiger partial charge on any atom is -0.377 e. The zero-order valence-corrected chi connectivity index (χ0v) is 11.6. The molecule has 1 unspecified atom stereocenters. The molecule has 1 aromatic rings. The molecule has 1 aromatic heterocycles. The average molecular weight is 291 g/mol. The first-order valence-electron chi connectivity index (χ1n) is 5.59. The number of nitrogens with zero attached hydrogens (tertiary/aromatic N) is 2. The Kier molecular flexibility index (Phi) is 4.09. The first kappa shape index (κ1) is 13.6. The van der Waals surface area contributed by atoms with Crippen LogP contribution in [0, 0.1) is 0 Å². The van der Waals surface area contributed by atoms with Gasteiger partial charge in [0.1, 0.15) is 10.7 Å². The molecule has 0 aromatic carbocycles. The van der Waals surface area contributed by atoms with E-state index < -0.39 is 9.84 Å². The summed E-state index contributed by atoms with van der Waals surface area (Å²) in [6, 6.07) is 3.14. The monoisotopic (exact) mass is 290 g/mol. The largest absolute Gasteiger partial charge is 0.377 e. The molecule has 0 amide bonds. The third-order valence-corrected chi connectivity index (χ3v) is 4.30. The zero-order valence-electron chi connectivity index (χ0n) is 10.0. The average Bonchev–Trinajstić information content (AvgIpc) is 2.37. The Morgan fingerprint density at radius 1 is 1.61 bits per heavy atom. The Morgan fingerprint density at radius 3 is 3.06 bits per heavy atom. The molecular formula is C11H15ClN2O3S. The van der Waals surface area contributed by atoms with Crippen LogP contribution in [-0.2, 0) is 14.6 Å². The first-order chi connectivity index (χ1) is 8.54. The second kappa shape index (κ2) is 5.42. The molecule has 0 aliphatic carbocycles. The number of sulfone groups is 1. The van der Waals surface area contributed by atoms with Gasteiger partial charge >= 0.3 is 0 Å². The number of aromatic nitrogens is 1. The van der Waals surface area contributed by atoms with Gasteiger partial charge in [-0.2, -0.15) is 0 Å². The summed E-state index contributed by atoms with van der Waals surface area (Å²) >= 11 is 5.89. The smallest absolute Gasteiger partial charge is 0.179 e. The van der Waals surface area contributed by atoms with Gasteiger partial charge in [0.15, 0.2) is 9.84 Å². The number of ether oxygens (including phenoxy) is 1. The molecule has 2 rings (SSSR count). The van der Waals surface area contributed by atoms with Crippen molar-refractivity contribution in [3.8, 4) is 0 Å². The predicted molar refractivity (Wildman–Crippen MR) is 70.0 cm³/mol. The van der Waals surface area contributed by atoms with Crippen LogP contribution >= 0.6 is 11.6 Å². The zero-order chi connectivity index (χ0) is 13.2. The van der Waals surface area contributed by atoms with Crippen molar-refractivity contribution in [1.29, 1.82) is 0 Å². The van der Waals surface area contributed by atoms with E-state index in [4.69, 9.17) is 16.3 Å². The van der Waals surface area contributed by atoms with Crippen LogP contribution in [0.1, 0.15) is 0 Å². The molecule has 1 atom stereocenters. The molecule has 0 radical (unpaired) electrons. The van der Waals surface area contributed by atoms with E-state index in [9.17, 15) is 8.42 Å². The normalized spacial score (nSPS) is 21.0. The van der Waals surface area contributed by atoms with Crippen molar-refractivity contribution in [1.82, 2.24) is 4.98 Å². The van der Waals surface area contributed by atoms with E-state index in [1.165, 1.54) is 6.26 Å². The number of alkyl halides is 1. The van der Waals surface area contributed by atoms with Gasteiger partial charge in [-0.1, -0.05) is 0 Å². The van der Waals surface area contributed by atoms with Crippen LogP contribution in [0.25, 0.3) is 0 Å². The van der Waals surface area contributed by atoms with E-state index in [1.807, 2.05) is 4.90 Å². The van der Waals surface area contributed by atoms with Crippen LogP contribution in [-0.4, -0.2) is 51.3 Å². The number of rotatable bonds is 3. The fourth-order valence-electron chi connectivity index (χ4n) is 1.95. The molecule has 1 aliphatic heterocycles. The van der Waals surface area contributed by atoms with Crippen molar-refractivity contribution in [3.63, 3.8) is 0 Å². The van der Waals surface area contributed by atoms with E-state index in [2.05, 4.69) is 4.98 Å². The molecule has 0 spiro atoms. The lowest BCUT2D eigenvalue weighted by Crippen LogP contribution is -2.47. The molecular weight excluding hydrogens is 276 g/mol. The first-order valence-corrected chi connectivity index (χ1v) is 8.02. The van der Waals surface area contributed by atoms with E-state index in [-0.39, 0.29) is 10.9 Å². The molecule has 0 bridgehead atoms. The fourth-order valence-corrected chi connectivity index (χ4v) is 3.03. The fraction of sp³-hybridized carbons (Fsp3) is 0.545. The summed E-state index contributed by atoms with van der Waals surface area (Å²) < 4.78 is 28.9. The minimum atomic E-state index is -3.30. The molecule has 18 heavy (non-hydrogen) atoms. The topological polar surface area (TPSA) is 59.5 Å². The summed E-state index contributed by atoms with van der Waals surface area (Å²) in [5, 5.41) is 0. The summed E-state index contributed by atoms with van der Waals surface area (Å²) in [6.45, 7) is 1.63. The Labute approximate surface area is 112 Å². The van der Waals surface area contributed by atoms with Gasteiger partial charge in [0.25, 0.3) is 0 Å². The van der Waals surface area contributed by atoms with Crippen molar-refractivity contribution in [2.75, 3.05) is 36.8 Å². The molecule has 2 heterocycles. The van der Waals surface area contributed by atoms with Crippen molar-refractivity contribution >= 4 is 27.3 Å². The Morgan fingerprint density at radius 2 is 2.39 bits per heavy atom. The van der Waals surface area contributed by atoms with E-state index >= 15 is 0 Å². The lowest BCUT2D eigenvalue weighted by atomic mass is 10.2. The number of halogens is 1.